The van der Waals surface area contributed by atoms with Gasteiger partial charge in [0.1, 0.15) is 5.75 Å². The van der Waals surface area contributed by atoms with E-state index in [2.05, 4.69) is 0 Å². The van der Waals surface area contributed by atoms with E-state index in [4.69, 9.17) is 14.2 Å². The molecule has 1 amide bonds. The van der Waals surface area contributed by atoms with E-state index in [0.29, 0.717) is 23.6 Å². The molecule has 2 aromatic rings. The Morgan fingerprint density at radius 1 is 0.957 bits per heavy atom. The third-order valence-electron chi connectivity index (χ3n) is 4.06. The Labute approximate surface area is 135 Å². The summed E-state index contributed by atoms with van der Waals surface area (Å²) in [4.78, 5) is 14.6. The molecule has 5 nitrogen and oxygen atoms in total. The van der Waals surface area contributed by atoms with Gasteiger partial charge >= 0.3 is 0 Å². The van der Waals surface area contributed by atoms with Gasteiger partial charge in [-0.3, -0.25) is 4.79 Å². The summed E-state index contributed by atoms with van der Waals surface area (Å²) in [6.07, 6.45) is 0.846. The van der Waals surface area contributed by atoms with Crippen LogP contribution in [0.1, 0.15) is 15.9 Å². The zero-order valence-corrected chi connectivity index (χ0v) is 13.5. The smallest absolute Gasteiger partial charge is 0.258 e. The molecule has 1 aliphatic heterocycles. The molecule has 23 heavy (non-hydrogen) atoms. The van der Waals surface area contributed by atoms with Gasteiger partial charge in [-0.05, 0) is 36.2 Å². The molecule has 0 radical (unpaired) electrons. The minimum Gasteiger partial charge on any atom is -0.497 e. The largest absolute Gasteiger partial charge is 0.497 e. The second-order valence-corrected chi connectivity index (χ2v) is 5.27. The molecular weight excluding hydrogens is 294 g/mol. The van der Waals surface area contributed by atoms with Gasteiger partial charge in [0.15, 0.2) is 11.5 Å². The maximum atomic E-state index is 12.9. The molecule has 0 N–H and O–H groups in total. The molecule has 0 aliphatic carbocycles. The molecule has 0 unspecified atom stereocenters. The molecule has 1 heterocycles. The van der Waals surface area contributed by atoms with E-state index in [9.17, 15) is 4.79 Å². The molecule has 0 fully saturated rings. The highest BCUT2D eigenvalue weighted by atomic mass is 16.5. The van der Waals surface area contributed by atoms with Crippen molar-refractivity contribution in [1.82, 2.24) is 0 Å². The highest BCUT2D eigenvalue weighted by Gasteiger charge is 2.26. The number of amides is 1. The molecule has 0 saturated heterocycles. The van der Waals surface area contributed by atoms with Gasteiger partial charge in [-0.15, -0.1) is 0 Å². The first-order chi connectivity index (χ1) is 11.2. The van der Waals surface area contributed by atoms with E-state index in [-0.39, 0.29) is 5.91 Å². The molecule has 0 aromatic heterocycles. The van der Waals surface area contributed by atoms with Gasteiger partial charge in [-0.2, -0.15) is 0 Å². The Balaban J connectivity index is 1.94. The first-order valence-corrected chi connectivity index (χ1v) is 7.38. The number of rotatable bonds is 4. The number of benzene rings is 2. The van der Waals surface area contributed by atoms with Crippen molar-refractivity contribution in [3.05, 3.63) is 47.5 Å². The highest BCUT2D eigenvalue weighted by Crippen LogP contribution is 2.34. The van der Waals surface area contributed by atoms with Gasteiger partial charge in [-0.1, -0.05) is 6.07 Å². The fourth-order valence-corrected chi connectivity index (χ4v) is 2.82. The van der Waals surface area contributed by atoms with Crippen LogP contribution in [0.3, 0.4) is 0 Å². The van der Waals surface area contributed by atoms with Crippen LogP contribution in [-0.4, -0.2) is 33.8 Å². The fourth-order valence-electron chi connectivity index (χ4n) is 2.82. The predicted molar refractivity (Wildman–Crippen MR) is 87.9 cm³/mol. The number of anilines is 1. The first kappa shape index (κ1) is 15.2. The van der Waals surface area contributed by atoms with Gasteiger partial charge in [0.05, 0.1) is 27.0 Å². The van der Waals surface area contributed by atoms with Crippen LogP contribution in [0.2, 0.25) is 0 Å². The Kier molecular flexibility index (Phi) is 4.10. The molecular formula is C18H19NO4. The monoisotopic (exact) mass is 313 g/mol. The third-order valence-corrected chi connectivity index (χ3v) is 4.06. The maximum absolute atomic E-state index is 12.9. The highest BCUT2D eigenvalue weighted by molar-refractivity contribution is 6.07. The lowest BCUT2D eigenvalue weighted by Gasteiger charge is -2.19. The van der Waals surface area contributed by atoms with Crippen LogP contribution in [0.15, 0.2) is 36.4 Å². The van der Waals surface area contributed by atoms with Gasteiger partial charge in [0.25, 0.3) is 5.91 Å². The summed E-state index contributed by atoms with van der Waals surface area (Å²) >= 11 is 0. The van der Waals surface area contributed by atoms with Crippen molar-refractivity contribution in [3.8, 4) is 17.2 Å². The van der Waals surface area contributed by atoms with Crippen LogP contribution in [-0.2, 0) is 6.42 Å². The lowest BCUT2D eigenvalue weighted by atomic mass is 10.1. The van der Waals surface area contributed by atoms with Crippen molar-refractivity contribution in [1.29, 1.82) is 0 Å². The van der Waals surface area contributed by atoms with Crippen LogP contribution >= 0.6 is 0 Å². The zero-order chi connectivity index (χ0) is 16.4. The van der Waals surface area contributed by atoms with Gasteiger partial charge < -0.3 is 19.1 Å². The Morgan fingerprint density at radius 3 is 2.43 bits per heavy atom. The van der Waals surface area contributed by atoms with E-state index < -0.39 is 0 Å². The summed E-state index contributed by atoms with van der Waals surface area (Å²) < 4.78 is 15.8. The molecule has 5 heteroatoms. The average molecular weight is 313 g/mol. The fraction of sp³-hybridized carbons (Fsp3) is 0.278. The quantitative estimate of drug-likeness (QED) is 0.871. The summed E-state index contributed by atoms with van der Waals surface area (Å²) in [6.45, 7) is 0.662. The minimum absolute atomic E-state index is 0.0574. The number of carbonyl (C=O) groups is 1. The standard InChI is InChI=1S/C18H19NO4/c1-21-14-6-4-12-8-9-19(15(12)11-14)18(20)13-5-7-16(22-2)17(10-13)23-3/h4-7,10-11H,8-9H2,1-3H3. The zero-order valence-electron chi connectivity index (χ0n) is 13.5. The second kappa shape index (κ2) is 6.20. The average Bonchev–Trinajstić information content (AvgIpc) is 3.03. The minimum atomic E-state index is -0.0574. The van der Waals surface area contributed by atoms with Crippen LogP contribution in [0, 0.1) is 0 Å². The summed E-state index contributed by atoms with van der Waals surface area (Å²) in [7, 11) is 4.75. The van der Waals surface area contributed by atoms with E-state index in [1.165, 1.54) is 0 Å². The first-order valence-electron chi connectivity index (χ1n) is 7.38. The Morgan fingerprint density at radius 2 is 1.74 bits per heavy atom. The summed E-state index contributed by atoms with van der Waals surface area (Å²) in [5, 5.41) is 0. The lowest BCUT2D eigenvalue weighted by Crippen LogP contribution is -2.28. The molecule has 2 aromatic carbocycles. The number of nitrogens with zero attached hydrogens (tertiary/aromatic N) is 1. The van der Waals surface area contributed by atoms with Crippen molar-refractivity contribution in [2.45, 2.75) is 6.42 Å². The van der Waals surface area contributed by atoms with Crippen molar-refractivity contribution < 1.29 is 19.0 Å². The molecule has 0 saturated carbocycles. The van der Waals surface area contributed by atoms with E-state index in [1.807, 2.05) is 18.2 Å². The summed E-state index contributed by atoms with van der Waals surface area (Å²) in [5.74, 6) is 1.84. The number of methoxy groups -OCH3 is 3. The number of hydrogen-bond donors (Lipinski definition) is 0. The van der Waals surface area contributed by atoms with Crippen LogP contribution in [0.4, 0.5) is 5.69 Å². The number of fused-ring (bicyclic) bond motifs is 1. The number of carbonyl (C=O) groups excluding carboxylic acids is 1. The van der Waals surface area contributed by atoms with E-state index >= 15 is 0 Å². The SMILES string of the molecule is COc1ccc2c(c1)N(C(=O)c1ccc(OC)c(OC)c1)CC2. The Bertz CT molecular complexity index is 742. The van der Waals surface area contributed by atoms with Crippen LogP contribution < -0.4 is 19.1 Å². The summed E-state index contributed by atoms with van der Waals surface area (Å²) in [5.41, 5.74) is 2.63. The normalized spacial score (nSPS) is 12.7. The van der Waals surface area contributed by atoms with Crippen molar-refractivity contribution >= 4 is 11.6 Å². The molecule has 1 aliphatic rings. The van der Waals surface area contributed by atoms with Crippen molar-refractivity contribution in [2.75, 3.05) is 32.8 Å². The van der Waals surface area contributed by atoms with E-state index in [1.54, 1.807) is 44.4 Å². The molecule has 0 spiro atoms. The van der Waals surface area contributed by atoms with Gasteiger partial charge in [0.2, 0.25) is 0 Å². The topological polar surface area (TPSA) is 48.0 Å². The van der Waals surface area contributed by atoms with E-state index in [0.717, 1.165) is 23.4 Å². The predicted octanol–water partition coefficient (Wildman–Crippen LogP) is 2.92. The van der Waals surface area contributed by atoms with Gasteiger partial charge in [0, 0.05) is 18.2 Å². The molecule has 3 rings (SSSR count). The molecule has 0 bridgehead atoms. The van der Waals surface area contributed by atoms with Crippen LogP contribution in [0.25, 0.3) is 0 Å². The van der Waals surface area contributed by atoms with Gasteiger partial charge in [-0.25, -0.2) is 0 Å². The number of ether oxygens (including phenoxy) is 3. The molecule has 0 atom stereocenters. The maximum Gasteiger partial charge on any atom is 0.258 e. The Hall–Kier alpha value is -2.69. The third kappa shape index (κ3) is 2.70. The lowest BCUT2D eigenvalue weighted by molar-refractivity contribution is 0.0989. The van der Waals surface area contributed by atoms with Crippen LogP contribution in [0.5, 0.6) is 17.2 Å². The molecule has 120 valence electrons. The second-order valence-electron chi connectivity index (χ2n) is 5.27. The summed E-state index contributed by atoms with van der Waals surface area (Å²) in [6, 6.07) is 11.0. The van der Waals surface area contributed by atoms with Crippen molar-refractivity contribution in [3.63, 3.8) is 0 Å². The number of hydrogen-bond acceptors (Lipinski definition) is 4. The van der Waals surface area contributed by atoms with Crippen molar-refractivity contribution in [2.24, 2.45) is 0 Å².